The summed E-state index contributed by atoms with van der Waals surface area (Å²) in [6.45, 7) is 8.59. The molecule has 1 unspecified atom stereocenters. The zero-order chi connectivity index (χ0) is 22.2. The van der Waals surface area contributed by atoms with Crippen LogP contribution in [0, 0.1) is 16.7 Å². The summed E-state index contributed by atoms with van der Waals surface area (Å²) >= 11 is 6.47. The quantitative estimate of drug-likeness (QED) is 0.776. The molecular formula is C21H27ClFN7O. The number of nitrogens with one attached hydrogen (secondary N) is 1. The molecule has 166 valence electrons. The van der Waals surface area contributed by atoms with Crippen molar-refractivity contribution in [3.8, 4) is 0 Å². The van der Waals surface area contributed by atoms with Crippen LogP contribution in [0.3, 0.4) is 0 Å². The van der Waals surface area contributed by atoms with Gasteiger partial charge in [-0.2, -0.15) is 10.1 Å². The van der Waals surface area contributed by atoms with Crippen molar-refractivity contribution in [3.63, 3.8) is 0 Å². The first kappa shape index (κ1) is 20.5. The van der Waals surface area contributed by atoms with Gasteiger partial charge in [0.2, 0.25) is 11.9 Å². The van der Waals surface area contributed by atoms with Gasteiger partial charge >= 0.3 is 0 Å². The maximum atomic E-state index is 14.1. The third-order valence-corrected chi connectivity index (χ3v) is 7.65. The Morgan fingerprint density at radius 1 is 1.19 bits per heavy atom. The van der Waals surface area contributed by atoms with Crippen LogP contribution in [0.5, 0.6) is 0 Å². The number of carbonyl (C=O) groups excluding carboxylic acids is 1. The van der Waals surface area contributed by atoms with E-state index in [0.717, 1.165) is 5.69 Å². The van der Waals surface area contributed by atoms with Crippen LogP contribution >= 0.6 is 11.6 Å². The van der Waals surface area contributed by atoms with Crippen LogP contribution in [0.25, 0.3) is 0 Å². The average molecular weight is 448 g/mol. The number of hydrogen-bond donors (Lipinski definition) is 1. The fourth-order valence-corrected chi connectivity index (χ4v) is 5.34. The number of rotatable bonds is 4. The molecule has 31 heavy (non-hydrogen) atoms. The second kappa shape index (κ2) is 6.54. The minimum atomic E-state index is -1.34. The molecule has 2 aromatic heterocycles. The molecule has 4 atom stereocenters. The number of likely N-dealkylation sites (tertiary alicyclic amines) is 1. The number of anilines is 3. The van der Waals surface area contributed by atoms with E-state index in [1.54, 1.807) is 17.1 Å². The molecule has 0 bridgehead atoms. The number of halogens is 2. The highest BCUT2D eigenvalue weighted by atomic mass is 35.5. The zero-order valence-electron chi connectivity index (χ0n) is 18.2. The van der Waals surface area contributed by atoms with Crippen molar-refractivity contribution in [3.05, 3.63) is 23.6 Å². The van der Waals surface area contributed by atoms with Gasteiger partial charge in [-0.25, -0.2) is 9.37 Å². The van der Waals surface area contributed by atoms with Crippen LogP contribution in [0.4, 0.5) is 21.8 Å². The highest BCUT2D eigenvalue weighted by Crippen LogP contribution is 2.55. The number of aromatic nitrogens is 4. The van der Waals surface area contributed by atoms with Crippen molar-refractivity contribution in [2.45, 2.75) is 32.9 Å². The van der Waals surface area contributed by atoms with Crippen LogP contribution in [0.15, 0.2) is 18.6 Å². The fourth-order valence-electron chi connectivity index (χ4n) is 5.13. The maximum absolute atomic E-state index is 14.1. The van der Waals surface area contributed by atoms with E-state index in [-0.39, 0.29) is 16.7 Å². The largest absolute Gasteiger partial charge is 0.354 e. The van der Waals surface area contributed by atoms with Crippen molar-refractivity contribution < 1.29 is 9.18 Å². The topological polar surface area (TPSA) is 79.2 Å². The van der Waals surface area contributed by atoms with Gasteiger partial charge in [0, 0.05) is 50.3 Å². The Morgan fingerprint density at radius 2 is 1.84 bits per heavy atom. The third-order valence-electron chi connectivity index (χ3n) is 7.38. The van der Waals surface area contributed by atoms with E-state index < -0.39 is 11.6 Å². The van der Waals surface area contributed by atoms with Gasteiger partial charge in [-0.3, -0.25) is 9.48 Å². The van der Waals surface area contributed by atoms with Crippen molar-refractivity contribution >= 4 is 35.0 Å². The molecule has 5 rings (SSSR count). The first-order valence-electron chi connectivity index (χ1n) is 10.5. The molecule has 3 fully saturated rings. The van der Waals surface area contributed by atoms with Gasteiger partial charge in [-0.1, -0.05) is 25.4 Å². The normalized spacial score (nSPS) is 34.2. The Balaban J connectivity index is 1.34. The van der Waals surface area contributed by atoms with Crippen LogP contribution < -0.4 is 10.2 Å². The number of nitrogens with zero attached hydrogens (tertiary/aromatic N) is 6. The van der Waals surface area contributed by atoms with Gasteiger partial charge in [0.25, 0.3) is 0 Å². The Labute approximate surface area is 185 Å². The highest BCUT2D eigenvalue weighted by Gasteiger charge is 2.63. The molecule has 2 aliphatic heterocycles. The smallest absolute Gasteiger partial charge is 0.229 e. The van der Waals surface area contributed by atoms with E-state index in [0.29, 0.717) is 49.4 Å². The third kappa shape index (κ3) is 3.33. The Kier molecular flexibility index (Phi) is 4.32. The summed E-state index contributed by atoms with van der Waals surface area (Å²) in [5.41, 5.74) is -0.804. The fraction of sp³-hybridized carbons (Fsp3) is 0.619. The first-order chi connectivity index (χ1) is 14.5. The molecule has 4 heterocycles. The molecule has 0 radical (unpaired) electrons. The summed E-state index contributed by atoms with van der Waals surface area (Å²) in [4.78, 5) is 25.8. The van der Waals surface area contributed by atoms with Crippen LogP contribution in [-0.2, 0) is 11.8 Å². The summed E-state index contributed by atoms with van der Waals surface area (Å²) in [7, 11) is 1.84. The van der Waals surface area contributed by atoms with E-state index in [1.807, 2.05) is 18.1 Å². The average Bonchev–Trinajstić information content (AvgIpc) is 2.92. The SMILES string of the molecule is Cn1cc(Nc2ncc(Cl)c(N3C[C@]4(C)CN(C(=O)[C@@H]5CC5(C)F)C[C@]4(C)C3)n2)cn1. The molecule has 1 amide bonds. The Bertz CT molecular complexity index is 1040. The lowest BCUT2D eigenvalue weighted by molar-refractivity contribution is -0.133. The molecule has 8 nitrogen and oxygen atoms in total. The number of carbonyl (C=O) groups is 1. The lowest BCUT2D eigenvalue weighted by atomic mass is 9.71. The summed E-state index contributed by atoms with van der Waals surface area (Å²) in [6, 6.07) is 0. The molecule has 0 aromatic carbocycles. The van der Waals surface area contributed by atoms with Gasteiger partial charge in [0.15, 0.2) is 5.82 Å². The predicted octanol–water partition coefficient (Wildman–Crippen LogP) is 3.03. The number of hydrogen-bond acceptors (Lipinski definition) is 6. The maximum Gasteiger partial charge on any atom is 0.229 e. The van der Waals surface area contributed by atoms with Crippen molar-refractivity contribution in [2.24, 2.45) is 23.8 Å². The second-order valence-electron chi connectivity index (χ2n) is 10.1. The zero-order valence-corrected chi connectivity index (χ0v) is 18.9. The van der Waals surface area contributed by atoms with Crippen LogP contribution in [-0.4, -0.2) is 62.4 Å². The number of fused-ring (bicyclic) bond motifs is 1. The van der Waals surface area contributed by atoms with Crippen LogP contribution in [0.1, 0.15) is 27.2 Å². The molecular weight excluding hydrogens is 421 g/mol. The highest BCUT2D eigenvalue weighted by molar-refractivity contribution is 6.32. The van der Waals surface area contributed by atoms with E-state index >= 15 is 0 Å². The minimum absolute atomic E-state index is 0.0450. The molecule has 3 aliphatic rings. The van der Waals surface area contributed by atoms with Gasteiger partial charge in [0.05, 0.1) is 24.0 Å². The van der Waals surface area contributed by atoms with Gasteiger partial charge < -0.3 is 15.1 Å². The molecule has 2 aromatic rings. The van der Waals surface area contributed by atoms with Gasteiger partial charge in [-0.15, -0.1) is 0 Å². The second-order valence-corrected chi connectivity index (χ2v) is 10.5. The minimum Gasteiger partial charge on any atom is -0.354 e. The van der Waals surface area contributed by atoms with Crippen molar-refractivity contribution in [1.29, 1.82) is 0 Å². The van der Waals surface area contributed by atoms with Crippen LogP contribution in [0.2, 0.25) is 5.02 Å². The molecule has 1 aliphatic carbocycles. The monoisotopic (exact) mass is 447 g/mol. The standard InChI is InChI=1S/C21H27ClFN7O/c1-19-9-29(10-20(19,2)12-30(11-19)17(31)14-5-21(14,3)23)16-15(22)7-24-18(27-16)26-13-6-25-28(4)8-13/h6-8,14H,5,9-12H2,1-4H3,(H,24,26,27)/t14-,19-,20+,21?/m0/s1. The number of aryl methyl sites for hydroxylation is 1. The summed E-state index contributed by atoms with van der Waals surface area (Å²) in [6.07, 6.45) is 5.49. The molecule has 2 saturated heterocycles. The first-order valence-corrected chi connectivity index (χ1v) is 10.9. The lowest BCUT2D eigenvalue weighted by Gasteiger charge is -2.29. The lowest BCUT2D eigenvalue weighted by Crippen LogP contribution is -2.37. The van der Waals surface area contributed by atoms with Gasteiger partial charge in [-0.05, 0) is 13.3 Å². The van der Waals surface area contributed by atoms with E-state index in [4.69, 9.17) is 11.6 Å². The Hall–Kier alpha value is -2.42. The van der Waals surface area contributed by atoms with Crippen molar-refractivity contribution in [1.82, 2.24) is 24.6 Å². The van der Waals surface area contributed by atoms with E-state index in [9.17, 15) is 9.18 Å². The van der Waals surface area contributed by atoms with E-state index in [2.05, 4.69) is 39.1 Å². The molecule has 1 saturated carbocycles. The number of alkyl halides is 1. The molecule has 10 heteroatoms. The summed E-state index contributed by atoms with van der Waals surface area (Å²) in [5.74, 6) is 0.604. The van der Waals surface area contributed by atoms with Gasteiger partial charge in [0.1, 0.15) is 10.7 Å². The molecule has 0 spiro atoms. The Morgan fingerprint density at radius 3 is 2.39 bits per heavy atom. The van der Waals surface area contributed by atoms with E-state index in [1.165, 1.54) is 6.92 Å². The summed E-state index contributed by atoms with van der Waals surface area (Å²) < 4.78 is 15.8. The molecule has 1 N–H and O–H groups in total. The summed E-state index contributed by atoms with van der Waals surface area (Å²) in [5, 5.41) is 7.78. The number of amides is 1. The van der Waals surface area contributed by atoms with Crippen molar-refractivity contribution in [2.75, 3.05) is 36.4 Å². The predicted molar refractivity (Wildman–Crippen MR) is 116 cm³/mol.